The molecule has 3 aromatic rings. The summed E-state index contributed by atoms with van der Waals surface area (Å²) in [5.41, 5.74) is 8.70. The van der Waals surface area contributed by atoms with Gasteiger partial charge in [-0.15, -0.1) is 0 Å². The summed E-state index contributed by atoms with van der Waals surface area (Å²) in [7, 11) is 0. The van der Waals surface area contributed by atoms with Crippen LogP contribution in [0.4, 0.5) is 5.69 Å². The Balaban J connectivity index is 1.93. The zero-order valence-corrected chi connectivity index (χ0v) is 10.3. The second-order valence-corrected chi connectivity index (χ2v) is 4.14. The first-order valence-corrected chi connectivity index (χ1v) is 5.80. The highest BCUT2D eigenvalue weighted by Gasteiger charge is 2.09. The predicted octanol–water partition coefficient (Wildman–Crippen LogP) is 2.09. The van der Waals surface area contributed by atoms with Crippen LogP contribution in [0.2, 0.25) is 0 Å². The van der Waals surface area contributed by atoms with Crippen LogP contribution in [0.1, 0.15) is 11.4 Å². The number of hydrogen-bond donors (Lipinski definition) is 1. The summed E-state index contributed by atoms with van der Waals surface area (Å²) in [4.78, 5) is 4.30. The second kappa shape index (κ2) is 4.56. The molecular weight excluding hydrogens is 244 g/mol. The number of benzene rings is 1. The number of hydrogen-bond acceptors (Lipinski definition) is 6. The molecule has 0 aliphatic heterocycles. The van der Waals surface area contributed by atoms with Crippen molar-refractivity contribution in [3.05, 3.63) is 41.9 Å². The Hall–Kier alpha value is -2.63. The van der Waals surface area contributed by atoms with E-state index in [1.165, 1.54) is 0 Å². The summed E-state index contributed by atoms with van der Waals surface area (Å²) in [6, 6.07) is 7.35. The average Bonchev–Trinajstić information content (AvgIpc) is 2.84. The number of anilines is 1. The van der Waals surface area contributed by atoms with Crippen molar-refractivity contribution in [3.63, 3.8) is 0 Å². The Bertz CT molecular complexity index is 723. The van der Waals surface area contributed by atoms with Crippen LogP contribution >= 0.6 is 0 Å². The third-order valence-electron chi connectivity index (χ3n) is 2.88. The van der Waals surface area contributed by atoms with E-state index in [9.17, 15) is 0 Å². The molecule has 6 heteroatoms. The first-order valence-electron chi connectivity index (χ1n) is 5.80. The molecule has 0 unspecified atom stereocenters. The quantitative estimate of drug-likeness (QED) is 0.722. The molecule has 0 saturated heterocycles. The molecule has 0 spiro atoms. The summed E-state index contributed by atoms with van der Waals surface area (Å²) in [5, 5.41) is 8.35. The Labute approximate surface area is 109 Å². The summed E-state index contributed by atoms with van der Waals surface area (Å²) in [6.45, 7) is 2.10. The monoisotopic (exact) mass is 256 g/mol. The smallest absolute Gasteiger partial charge is 0.146 e. The van der Waals surface area contributed by atoms with Crippen LogP contribution in [-0.4, -0.2) is 15.3 Å². The maximum Gasteiger partial charge on any atom is 0.146 e. The zero-order chi connectivity index (χ0) is 13.2. The molecule has 0 amide bonds. The molecular formula is C13H12N4O2. The van der Waals surface area contributed by atoms with Gasteiger partial charge >= 0.3 is 0 Å². The molecule has 96 valence electrons. The van der Waals surface area contributed by atoms with E-state index >= 15 is 0 Å². The molecule has 3 rings (SSSR count). The zero-order valence-electron chi connectivity index (χ0n) is 10.3. The van der Waals surface area contributed by atoms with Crippen LogP contribution in [0.15, 0.2) is 35.1 Å². The molecule has 0 fully saturated rings. The molecule has 19 heavy (non-hydrogen) atoms. The number of aryl methyl sites for hydroxylation is 1. The number of aromatic nitrogens is 3. The third-order valence-corrected chi connectivity index (χ3v) is 2.88. The van der Waals surface area contributed by atoms with Crippen molar-refractivity contribution in [1.82, 2.24) is 15.3 Å². The maximum atomic E-state index is 5.91. The van der Waals surface area contributed by atoms with Crippen molar-refractivity contribution in [1.29, 1.82) is 0 Å². The Kier molecular flexibility index (Phi) is 2.75. The lowest BCUT2D eigenvalue weighted by atomic mass is 10.1. The van der Waals surface area contributed by atoms with Crippen LogP contribution in [0, 0.1) is 6.92 Å². The number of fused-ring (bicyclic) bond motifs is 1. The third kappa shape index (κ3) is 2.08. The average molecular weight is 256 g/mol. The highest BCUT2D eigenvalue weighted by molar-refractivity contribution is 5.94. The van der Waals surface area contributed by atoms with Crippen molar-refractivity contribution in [2.45, 2.75) is 13.5 Å². The number of nitrogen functional groups attached to an aromatic ring is 1. The second-order valence-electron chi connectivity index (χ2n) is 4.14. The first-order chi connectivity index (χ1) is 9.25. The highest BCUT2D eigenvalue weighted by Crippen LogP contribution is 2.28. The summed E-state index contributed by atoms with van der Waals surface area (Å²) in [5.74, 6) is 0.659. The molecule has 0 aliphatic rings. The fourth-order valence-corrected chi connectivity index (χ4v) is 1.81. The van der Waals surface area contributed by atoms with E-state index in [2.05, 4.69) is 19.9 Å². The van der Waals surface area contributed by atoms with E-state index in [-0.39, 0.29) is 6.61 Å². The van der Waals surface area contributed by atoms with Gasteiger partial charge in [-0.2, -0.15) is 0 Å². The standard InChI is InChI=1S/C13H12N4O2/c1-8-11(17-19-16-8)7-18-12-5-4-10(14)9-3-2-6-15-13(9)12/h2-6H,7,14H2,1H3. The lowest BCUT2D eigenvalue weighted by Crippen LogP contribution is -1.99. The summed E-state index contributed by atoms with van der Waals surface area (Å²) < 4.78 is 10.3. The van der Waals surface area contributed by atoms with E-state index in [0.29, 0.717) is 22.8 Å². The Morgan fingerprint density at radius 2 is 2.16 bits per heavy atom. The van der Waals surface area contributed by atoms with Gasteiger partial charge in [0.15, 0.2) is 0 Å². The lowest BCUT2D eigenvalue weighted by molar-refractivity contribution is 0.271. The van der Waals surface area contributed by atoms with Crippen molar-refractivity contribution in [2.24, 2.45) is 0 Å². The van der Waals surface area contributed by atoms with Gasteiger partial charge in [0.1, 0.15) is 29.3 Å². The molecule has 1 aromatic carbocycles. The van der Waals surface area contributed by atoms with E-state index in [0.717, 1.165) is 10.9 Å². The van der Waals surface area contributed by atoms with Crippen LogP contribution < -0.4 is 10.5 Å². The minimum absolute atomic E-state index is 0.283. The van der Waals surface area contributed by atoms with Crippen LogP contribution in [0.5, 0.6) is 5.75 Å². The fourth-order valence-electron chi connectivity index (χ4n) is 1.81. The number of ether oxygens (including phenoxy) is 1. The Morgan fingerprint density at radius 3 is 2.95 bits per heavy atom. The van der Waals surface area contributed by atoms with Gasteiger partial charge in [0.2, 0.25) is 0 Å². The van der Waals surface area contributed by atoms with Crippen LogP contribution in [0.25, 0.3) is 10.9 Å². The Morgan fingerprint density at radius 1 is 1.26 bits per heavy atom. The van der Waals surface area contributed by atoms with Crippen molar-refractivity contribution >= 4 is 16.6 Å². The molecule has 0 atom stereocenters. The predicted molar refractivity (Wildman–Crippen MR) is 69.5 cm³/mol. The molecule has 0 radical (unpaired) electrons. The highest BCUT2D eigenvalue weighted by atomic mass is 16.6. The minimum Gasteiger partial charge on any atom is -0.485 e. The van der Waals surface area contributed by atoms with Crippen molar-refractivity contribution < 1.29 is 9.37 Å². The molecule has 2 heterocycles. The molecule has 0 saturated carbocycles. The molecule has 0 aliphatic carbocycles. The van der Waals surface area contributed by atoms with Gasteiger partial charge in [0.25, 0.3) is 0 Å². The molecule has 2 aromatic heterocycles. The minimum atomic E-state index is 0.283. The van der Waals surface area contributed by atoms with Gasteiger partial charge in [0.05, 0.1) is 0 Å². The summed E-state index contributed by atoms with van der Waals surface area (Å²) in [6.07, 6.45) is 1.71. The first kappa shape index (κ1) is 11.5. The molecule has 0 bridgehead atoms. The van der Waals surface area contributed by atoms with Crippen LogP contribution in [0.3, 0.4) is 0 Å². The van der Waals surface area contributed by atoms with Gasteiger partial charge in [0, 0.05) is 17.3 Å². The number of nitrogens with zero attached hydrogens (tertiary/aromatic N) is 3. The molecule has 6 nitrogen and oxygen atoms in total. The van der Waals surface area contributed by atoms with Gasteiger partial charge < -0.3 is 10.5 Å². The number of nitrogens with two attached hydrogens (primary N) is 1. The van der Waals surface area contributed by atoms with Crippen LogP contribution in [-0.2, 0) is 6.61 Å². The van der Waals surface area contributed by atoms with E-state index < -0.39 is 0 Å². The largest absolute Gasteiger partial charge is 0.485 e. The van der Waals surface area contributed by atoms with Gasteiger partial charge in [-0.1, -0.05) is 10.3 Å². The van der Waals surface area contributed by atoms with E-state index in [1.54, 1.807) is 18.3 Å². The topological polar surface area (TPSA) is 87.1 Å². The maximum absolute atomic E-state index is 5.91. The normalized spacial score (nSPS) is 10.8. The number of pyridine rings is 1. The van der Waals surface area contributed by atoms with Gasteiger partial charge in [-0.05, 0) is 31.2 Å². The van der Waals surface area contributed by atoms with Gasteiger partial charge in [-0.25, -0.2) is 4.63 Å². The lowest BCUT2D eigenvalue weighted by Gasteiger charge is -2.08. The van der Waals surface area contributed by atoms with Crippen molar-refractivity contribution in [3.8, 4) is 5.75 Å². The van der Waals surface area contributed by atoms with Gasteiger partial charge in [-0.3, -0.25) is 4.98 Å². The fraction of sp³-hybridized carbons (Fsp3) is 0.154. The molecule has 2 N–H and O–H groups in total. The SMILES string of the molecule is Cc1nonc1COc1ccc(N)c2cccnc12. The van der Waals surface area contributed by atoms with E-state index in [4.69, 9.17) is 10.5 Å². The number of rotatable bonds is 3. The van der Waals surface area contributed by atoms with E-state index in [1.807, 2.05) is 19.1 Å². The summed E-state index contributed by atoms with van der Waals surface area (Å²) >= 11 is 0. The van der Waals surface area contributed by atoms with Crippen molar-refractivity contribution in [2.75, 3.05) is 5.73 Å².